The summed E-state index contributed by atoms with van der Waals surface area (Å²) in [5.74, 6) is -1.92. The number of nitrogens with zero attached hydrogens (tertiary/aromatic N) is 5. The van der Waals surface area contributed by atoms with Gasteiger partial charge in [0.05, 0.1) is 18.8 Å². The van der Waals surface area contributed by atoms with Crippen LogP contribution in [0.2, 0.25) is 5.02 Å². The number of benzene rings is 1. The fraction of sp³-hybridized carbons (Fsp3) is 0.593. The lowest BCUT2D eigenvalue weighted by molar-refractivity contribution is -0.192. The molecule has 0 bridgehead atoms. The first kappa shape index (κ1) is 30.4. The normalized spacial score (nSPS) is 24.9. The van der Waals surface area contributed by atoms with E-state index in [4.69, 9.17) is 26.2 Å². The average molecular weight is 586 g/mol. The van der Waals surface area contributed by atoms with Crippen molar-refractivity contribution in [2.75, 3.05) is 50.8 Å². The minimum Gasteiger partial charge on any atom is -0.475 e. The molecular weight excluding hydrogens is 551 g/mol. The Bertz CT molecular complexity index is 1070. The van der Waals surface area contributed by atoms with Crippen LogP contribution in [-0.4, -0.2) is 112 Å². The number of carboxylic acids is 1. The zero-order chi connectivity index (χ0) is 28.7. The first-order valence-electron chi connectivity index (χ1n) is 13.4. The number of carboxylic acid groups (broad SMARTS) is 1. The van der Waals surface area contributed by atoms with Gasteiger partial charge in [-0.3, -0.25) is 9.80 Å². The third-order valence-corrected chi connectivity index (χ3v) is 7.76. The van der Waals surface area contributed by atoms with E-state index < -0.39 is 12.1 Å². The molecule has 3 saturated heterocycles. The fourth-order valence-electron chi connectivity index (χ4n) is 5.52. The largest absolute Gasteiger partial charge is 0.490 e. The molecule has 40 heavy (non-hydrogen) atoms. The summed E-state index contributed by atoms with van der Waals surface area (Å²) in [5.41, 5.74) is 1.30. The van der Waals surface area contributed by atoms with E-state index in [0.717, 1.165) is 82.5 Å². The van der Waals surface area contributed by atoms with Crippen LogP contribution in [0.3, 0.4) is 0 Å². The molecular formula is C27H35ClF3N5O4. The van der Waals surface area contributed by atoms with Crippen LogP contribution < -0.4 is 4.90 Å². The van der Waals surface area contributed by atoms with Crippen molar-refractivity contribution in [2.24, 2.45) is 0 Å². The van der Waals surface area contributed by atoms with Gasteiger partial charge in [-0.25, -0.2) is 14.8 Å². The molecule has 0 amide bonds. The van der Waals surface area contributed by atoms with Gasteiger partial charge in [0.1, 0.15) is 0 Å². The maximum absolute atomic E-state index is 10.6. The first-order chi connectivity index (χ1) is 19.1. The van der Waals surface area contributed by atoms with Crippen LogP contribution in [0.5, 0.6) is 0 Å². The van der Waals surface area contributed by atoms with Crippen molar-refractivity contribution in [3.05, 3.63) is 53.3 Å². The van der Waals surface area contributed by atoms with Gasteiger partial charge in [-0.15, -0.1) is 0 Å². The Hall–Kier alpha value is -2.51. The summed E-state index contributed by atoms with van der Waals surface area (Å²) < 4.78 is 38.1. The highest BCUT2D eigenvalue weighted by atomic mass is 35.5. The molecule has 3 aliphatic rings. The summed E-state index contributed by atoms with van der Waals surface area (Å²) in [5, 5.41) is 17.8. The summed E-state index contributed by atoms with van der Waals surface area (Å²) in [4.78, 5) is 25.1. The van der Waals surface area contributed by atoms with Crippen LogP contribution in [0.1, 0.15) is 24.8 Å². The number of morpholine rings is 1. The molecule has 9 nitrogen and oxygen atoms in total. The number of piperidine rings is 1. The Morgan fingerprint density at radius 2 is 1.70 bits per heavy atom. The summed E-state index contributed by atoms with van der Waals surface area (Å²) in [6, 6.07) is 11.0. The molecule has 3 aliphatic heterocycles. The number of carbonyl (C=O) groups is 1. The van der Waals surface area contributed by atoms with Crippen LogP contribution in [0.4, 0.5) is 19.1 Å². The number of hydrogen-bond acceptors (Lipinski definition) is 8. The molecule has 220 valence electrons. The van der Waals surface area contributed by atoms with E-state index in [0.29, 0.717) is 12.1 Å². The van der Waals surface area contributed by atoms with Gasteiger partial charge in [-0.05, 0) is 49.4 Å². The van der Waals surface area contributed by atoms with Gasteiger partial charge in [0.2, 0.25) is 5.95 Å². The number of alkyl halides is 3. The van der Waals surface area contributed by atoms with Gasteiger partial charge in [0.15, 0.2) is 0 Å². The van der Waals surface area contributed by atoms with E-state index in [1.54, 1.807) is 0 Å². The van der Waals surface area contributed by atoms with Crippen molar-refractivity contribution < 1.29 is 32.9 Å². The van der Waals surface area contributed by atoms with Crippen LogP contribution in [0.15, 0.2) is 42.7 Å². The van der Waals surface area contributed by atoms with E-state index in [-0.39, 0.29) is 12.2 Å². The minimum atomic E-state index is -5.08. The standard InChI is InChI=1S/C25H34ClN5O2.C2HF3O2/c26-20-4-2-19(3-5-20)14-22-18-33-24(16-29-11-8-23(32)15-29)17-31(22)21-6-12-30(13-7-21)25-27-9-1-10-28-25;3-2(4,5)1(6)7/h1-5,9-10,21-24,32H,6-8,11-18H2;(H,6,7)/t22-,23-,24-;/m0./s1. The van der Waals surface area contributed by atoms with E-state index >= 15 is 0 Å². The maximum Gasteiger partial charge on any atom is 0.490 e. The van der Waals surface area contributed by atoms with Crippen molar-refractivity contribution in [3.8, 4) is 0 Å². The lowest BCUT2D eigenvalue weighted by atomic mass is 9.96. The second-order valence-corrected chi connectivity index (χ2v) is 10.8. The lowest BCUT2D eigenvalue weighted by Crippen LogP contribution is -2.58. The van der Waals surface area contributed by atoms with Crippen molar-refractivity contribution in [2.45, 2.75) is 56.2 Å². The van der Waals surface area contributed by atoms with Crippen LogP contribution in [0.25, 0.3) is 0 Å². The molecule has 0 aliphatic carbocycles. The SMILES string of the molecule is O=C(O)C(F)(F)F.O[C@H]1CCN(C[C@H]2CN(C3CCN(c4ncccn4)CC3)[C@@H](Cc3ccc(Cl)cc3)CO2)C1. The first-order valence-corrected chi connectivity index (χ1v) is 13.8. The van der Waals surface area contributed by atoms with Crippen LogP contribution >= 0.6 is 11.6 Å². The molecule has 0 unspecified atom stereocenters. The van der Waals surface area contributed by atoms with Crippen LogP contribution in [-0.2, 0) is 16.0 Å². The average Bonchev–Trinajstić information content (AvgIpc) is 3.35. The second kappa shape index (κ2) is 13.9. The molecule has 0 spiro atoms. The number of β-amino-alcohol motifs (C(OH)–C–C–N with tert-alkyl or cyclic N) is 1. The van der Waals surface area contributed by atoms with Gasteiger partial charge in [0, 0.05) is 68.8 Å². The van der Waals surface area contributed by atoms with E-state index in [1.807, 2.05) is 30.6 Å². The van der Waals surface area contributed by atoms with Gasteiger partial charge < -0.3 is 19.8 Å². The quantitative estimate of drug-likeness (QED) is 0.529. The molecule has 4 heterocycles. The molecule has 2 aromatic rings. The monoisotopic (exact) mass is 585 g/mol. The van der Waals surface area contributed by atoms with Gasteiger partial charge >= 0.3 is 12.1 Å². The third kappa shape index (κ3) is 8.74. The predicted molar refractivity (Wildman–Crippen MR) is 143 cm³/mol. The van der Waals surface area contributed by atoms with Gasteiger partial charge in [-0.2, -0.15) is 13.2 Å². The van der Waals surface area contributed by atoms with E-state index in [1.165, 1.54) is 5.56 Å². The zero-order valence-electron chi connectivity index (χ0n) is 22.1. The maximum atomic E-state index is 10.6. The summed E-state index contributed by atoms with van der Waals surface area (Å²) in [6.45, 7) is 6.26. The molecule has 2 N–H and O–H groups in total. The molecule has 3 atom stereocenters. The Balaban J connectivity index is 0.000000470. The van der Waals surface area contributed by atoms with E-state index in [2.05, 4.69) is 36.8 Å². The molecule has 1 aromatic heterocycles. The van der Waals surface area contributed by atoms with Crippen LogP contribution in [0, 0.1) is 0 Å². The lowest BCUT2D eigenvalue weighted by Gasteiger charge is -2.47. The number of aliphatic hydroxyl groups excluding tert-OH is 1. The summed E-state index contributed by atoms with van der Waals surface area (Å²) in [6.07, 6.45) is 2.59. The Morgan fingerprint density at radius 1 is 1.05 bits per heavy atom. The summed E-state index contributed by atoms with van der Waals surface area (Å²) >= 11 is 6.11. The molecule has 1 aromatic carbocycles. The highest BCUT2D eigenvalue weighted by Crippen LogP contribution is 2.27. The number of aliphatic carboxylic acids is 1. The summed E-state index contributed by atoms with van der Waals surface area (Å²) in [7, 11) is 0. The molecule has 0 radical (unpaired) electrons. The second-order valence-electron chi connectivity index (χ2n) is 10.4. The highest BCUT2D eigenvalue weighted by molar-refractivity contribution is 6.30. The van der Waals surface area contributed by atoms with E-state index in [9.17, 15) is 18.3 Å². The Kier molecular flexibility index (Phi) is 10.6. The molecule has 0 saturated carbocycles. The smallest absolute Gasteiger partial charge is 0.475 e. The Labute approximate surface area is 236 Å². The number of likely N-dealkylation sites (tertiary alicyclic amines) is 1. The highest BCUT2D eigenvalue weighted by Gasteiger charge is 2.38. The van der Waals surface area contributed by atoms with Crippen molar-refractivity contribution in [1.82, 2.24) is 19.8 Å². The number of ether oxygens (including phenoxy) is 1. The molecule has 13 heteroatoms. The minimum absolute atomic E-state index is 0.187. The number of aliphatic hydroxyl groups is 1. The van der Waals surface area contributed by atoms with Gasteiger partial charge in [0.25, 0.3) is 0 Å². The number of anilines is 1. The zero-order valence-corrected chi connectivity index (χ0v) is 22.8. The van der Waals surface area contributed by atoms with Gasteiger partial charge in [-0.1, -0.05) is 23.7 Å². The predicted octanol–water partition coefficient (Wildman–Crippen LogP) is 3.11. The van der Waals surface area contributed by atoms with Crippen molar-refractivity contribution in [1.29, 1.82) is 0 Å². The Morgan fingerprint density at radius 3 is 2.27 bits per heavy atom. The third-order valence-electron chi connectivity index (χ3n) is 7.51. The number of hydrogen-bond donors (Lipinski definition) is 2. The number of aromatic nitrogens is 2. The number of rotatable bonds is 6. The van der Waals surface area contributed by atoms with Crippen molar-refractivity contribution in [3.63, 3.8) is 0 Å². The number of halogens is 4. The molecule has 3 fully saturated rings. The molecule has 5 rings (SSSR count). The fourth-order valence-corrected chi connectivity index (χ4v) is 5.65. The topological polar surface area (TPSA) is 102 Å². The van der Waals surface area contributed by atoms with Crippen molar-refractivity contribution >= 4 is 23.5 Å².